The van der Waals surface area contributed by atoms with Gasteiger partial charge >= 0.3 is 5.97 Å². The predicted molar refractivity (Wildman–Crippen MR) is 59.1 cm³/mol. The van der Waals surface area contributed by atoms with Crippen molar-refractivity contribution < 1.29 is 19.1 Å². The molecule has 2 heterocycles. The number of hydrogen-bond donors (Lipinski definition) is 1. The van der Waals surface area contributed by atoms with Crippen LogP contribution in [-0.2, 0) is 0 Å². The van der Waals surface area contributed by atoms with Gasteiger partial charge in [0, 0.05) is 0 Å². The van der Waals surface area contributed by atoms with E-state index in [0.29, 0.717) is 10.6 Å². The zero-order valence-electron chi connectivity index (χ0n) is 8.39. The van der Waals surface area contributed by atoms with Crippen LogP contribution in [0.5, 0.6) is 0 Å². The van der Waals surface area contributed by atoms with E-state index in [9.17, 15) is 9.59 Å². The van der Waals surface area contributed by atoms with Crippen LogP contribution in [0.15, 0.2) is 22.6 Å². The summed E-state index contributed by atoms with van der Waals surface area (Å²) in [4.78, 5) is 22.6. The number of carbonyl (C=O) groups is 2. The van der Waals surface area contributed by atoms with Gasteiger partial charge in [0.25, 0.3) is 0 Å². The second-order valence-corrected chi connectivity index (χ2v) is 4.36. The molecular weight excluding hydrogens is 228 g/mol. The molecule has 2 aromatic heterocycles. The van der Waals surface area contributed by atoms with Crippen molar-refractivity contribution >= 4 is 23.6 Å². The van der Waals surface area contributed by atoms with Crippen molar-refractivity contribution in [3.63, 3.8) is 0 Å². The SMILES string of the molecule is Cc1cc(C(=O)O)oc1-c1ccc(C=O)s1. The lowest BCUT2D eigenvalue weighted by atomic mass is 10.2. The molecule has 0 atom stereocenters. The third kappa shape index (κ3) is 1.77. The van der Waals surface area contributed by atoms with Crippen LogP contribution in [0.2, 0.25) is 0 Å². The van der Waals surface area contributed by atoms with Gasteiger partial charge in [0.05, 0.1) is 9.75 Å². The van der Waals surface area contributed by atoms with Gasteiger partial charge in [-0.05, 0) is 30.7 Å². The maximum Gasteiger partial charge on any atom is 0.371 e. The molecule has 0 fully saturated rings. The first-order valence-corrected chi connectivity index (χ1v) is 5.32. The fourth-order valence-electron chi connectivity index (χ4n) is 1.37. The Labute approximate surface area is 95.1 Å². The molecule has 1 N–H and O–H groups in total. The summed E-state index contributed by atoms with van der Waals surface area (Å²) in [7, 11) is 0. The first-order chi connectivity index (χ1) is 7.61. The summed E-state index contributed by atoms with van der Waals surface area (Å²) < 4.78 is 5.21. The fourth-order valence-corrected chi connectivity index (χ4v) is 2.24. The second kappa shape index (κ2) is 3.94. The standard InChI is InChI=1S/C11H8O4S/c1-6-4-8(11(13)14)15-10(6)9-3-2-7(5-12)16-9/h2-5H,1H3,(H,13,14). The molecular formula is C11H8O4S. The largest absolute Gasteiger partial charge is 0.475 e. The summed E-state index contributed by atoms with van der Waals surface area (Å²) in [6.07, 6.45) is 0.755. The number of carbonyl (C=O) groups excluding carboxylic acids is 1. The minimum absolute atomic E-state index is 0.0893. The number of aldehydes is 1. The van der Waals surface area contributed by atoms with Gasteiger partial charge in [-0.1, -0.05) is 0 Å². The molecule has 16 heavy (non-hydrogen) atoms. The third-order valence-corrected chi connectivity index (χ3v) is 3.10. The summed E-state index contributed by atoms with van der Waals surface area (Å²) >= 11 is 1.27. The van der Waals surface area contributed by atoms with Crippen LogP contribution in [0.3, 0.4) is 0 Å². The van der Waals surface area contributed by atoms with E-state index in [-0.39, 0.29) is 5.76 Å². The third-order valence-electron chi connectivity index (χ3n) is 2.10. The van der Waals surface area contributed by atoms with E-state index < -0.39 is 5.97 Å². The Balaban J connectivity index is 2.47. The number of furan rings is 1. The minimum Gasteiger partial charge on any atom is -0.475 e. The topological polar surface area (TPSA) is 67.5 Å². The number of thiophene rings is 1. The van der Waals surface area contributed by atoms with Gasteiger partial charge in [0.15, 0.2) is 6.29 Å². The molecule has 0 aromatic carbocycles. The highest BCUT2D eigenvalue weighted by Gasteiger charge is 2.15. The zero-order valence-corrected chi connectivity index (χ0v) is 9.21. The number of aromatic carboxylic acids is 1. The number of carboxylic acid groups (broad SMARTS) is 1. The normalized spacial score (nSPS) is 10.3. The summed E-state index contributed by atoms with van der Waals surface area (Å²) in [5.41, 5.74) is 0.747. The highest BCUT2D eigenvalue weighted by Crippen LogP contribution is 2.32. The maximum absolute atomic E-state index is 10.7. The van der Waals surface area contributed by atoms with Crippen LogP contribution in [0.25, 0.3) is 10.6 Å². The van der Waals surface area contributed by atoms with E-state index in [1.165, 1.54) is 17.4 Å². The van der Waals surface area contributed by atoms with Crippen LogP contribution in [0, 0.1) is 6.92 Å². The summed E-state index contributed by atoms with van der Waals surface area (Å²) in [5.74, 6) is -0.675. The fraction of sp³-hybridized carbons (Fsp3) is 0.0909. The number of aryl methyl sites for hydroxylation is 1. The lowest BCUT2D eigenvalue weighted by Gasteiger charge is -1.92. The molecule has 2 rings (SSSR count). The van der Waals surface area contributed by atoms with Crippen molar-refractivity contribution in [3.05, 3.63) is 34.4 Å². The maximum atomic E-state index is 10.7. The van der Waals surface area contributed by atoms with Crippen LogP contribution in [0.1, 0.15) is 25.8 Å². The molecule has 0 saturated heterocycles. The zero-order chi connectivity index (χ0) is 11.7. The second-order valence-electron chi connectivity index (χ2n) is 3.25. The van der Waals surface area contributed by atoms with Crippen molar-refractivity contribution in [2.24, 2.45) is 0 Å². The van der Waals surface area contributed by atoms with Crippen molar-refractivity contribution in [3.8, 4) is 10.6 Å². The van der Waals surface area contributed by atoms with Gasteiger partial charge in [0.2, 0.25) is 5.76 Å². The highest BCUT2D eigenvalue weighted by atomic mass is 32.1. The molecule has 0 saturated carbocycles. The van der Waals surface area contributed by atoms with E-state index in [1.54, 1.807) is 19.1 Å². The van der Waals surface area contributed by atoms with Gasteiger partial charge in [-0.15, -0.1) is 11.3 Å². The van der Waals surface area contributed by atoms with Gasteiger partial charge < -0.3 is 9.52 Å². The summed E-state index contributed by atoms with van der Waals surface area (Å²) in [6.45, 7) is 1.77. The smallest absolute Gasteiger partial charge is 0.371 e. The molecule has 0 amide bonds. The van der Waals surface area contributed by atoms with Crippen LogP contribution < -0.4 is 0 Å². The van der Waals surface area contributed by atoms with E-state index >= 15 is 0 Å². The quantitative estimate of drug-likeness (QED) is 0.832. The monoisotopic (exact) mass is 236 g/mol. The Bertz CT molecular complexity index is 550. The van der Waals surface area contributed by atoms with E-state index in [2.05, 4.69) is 0 Å². The van der Waals surface area contributed by atoms with Crippen molar-refractivity contribution in [1.29, 1.82) is 0 Å². The molecule has 0 aliphatic heterocycles. The summed E-state index contributed by atoms with van der Waals surface area (Å²) in [6, 6.07) is 4.89. The molecule has 0 radical (unpaired) electrons. The Morgan fingerprint density at radius 1 is 1.50 bits per heavy atom. The van der Waals surface area contributed by atoms with Gasteiger partial charge in [-0.3, -0.25) is 4.79 Å². The highest BCUT2D eigenvalue weighted by molar-refractivity contribution is 7.17. The Hall–Kier alpha value is -1.88. The van der Waals surface area contributed by atoms with E-state index in [0.717, 1.165) is 16.7 Å². The molecule has 0 aliphatic carbocycles. The Kier molecular flexibility index (Phi) is 2.62. The first kappa shape index (κ1) is 10.6. The van der Waals surface area contributed by atoms with Gasteiger partial charge in [-0.2, -0.15) is 0 Å². The van der Waals surface area contributed by atoms with E-state index in [1.807, 2.05) is 0 Å². The molecule has 4 nitrogen and oxygen atoms in total. The lowest BCUT2D eigenvalue weighted by molar-refractivity contribution is 0.0663. The van der Waals surface area contributed by atoms with E-state index in [4.69, 9.17) is 9.52 Å². The van der Waals surface area contributed by atoms with Crippen molar-refractivity contribution in [2.45, 2.75) is 6.92 Å². The summed E-state index contributed by atoms with van der Waals surface area (Å²) in [5, 5.41) is 8.77. The Morgan fingerprint density at radius 2 is 2.25 bits per heavy atom. The average Bonchev–Trinajstić information content (AvgIpc) is 2.83. The molecule has 5 heteroatoms. The van der Waals surface area contributed by atoms with Gasteiger partial charge in [0.1, 0.15) is 5.76 Å². The molecule has 0 spiro atoms. The number of carboxylic acids is 1. The van der Waals surface area contributed by atoms with Gasteiger partial charge in [-0.25, -0.2) is 4.79 Å². The molecule has 82 valence electrons. The van der Waals surface area contributed by atoms with Crippen molar-refractivity contribution in [2.75, 3.05) is 0 Å². The average molecular weight is 236 g/mol. The molecule has 0 unspecified atom stereocenters. The number of hydrogen-bond acceptors (Lipinski definition) is 4. The van der Waals surface area contributed by atoms with Crippen LogP contribution >= 0.6 is 11.3 Å². The number of rotatable bonds is 3. The predicted octanol–water partition coefficient (Wildman–Crippen LogP) is 2.83. The Morgan fingerprint density at radius 3 is 2.75 bits per heavy atom. The molecule has 0 aliphatic rings. The molecule has 0 bridgehead atoms. The van der Waals surface area contributed by atoms with Crippen LogP contribution in [0.4, 0.5) is 0 Å². The first-order valence-electron chi connectivity index (χ1n) is 4.51. The lowest BCUT2D eigenvalue weighted by Crippen LogP contribution is -1.91. The minimum atomic E-state index is -1.10. The molecule has 2 aromatic rings. The van der Waals surface area contributed by atoms with Crippen molar-refractivity contribution in [1.82, 2.24) is 0 Å². The van der Waals surface area contributed by atoms with Crippen LogP contribution in [-0.4, -0.2) is 17.4 Å².